The third-order valence-corrected chi connectivity index (χ3v) is 6.53. The quantitative estimate of drug-likeness (QED) is 0.447. The zero-order valence-corrected chi connectivity index (χ0v) is 18.9. The van der Waals surface area contributed by atoms with Crippen molar-refractivity contribution in [3.8, 4) is 11.4 Å². The lowest BCUT2D eigenvalue weighted by Crippen LogP contribution is -2.48. The van der Waals surface area contributed by atoms with Crippen LogP contribution in [0.25, 0.3) is 22.3 Å². The molecule has 1 fully saturated rings. The number of rotatable bonds is 7. The first-order valence-corrected chi connectivity index (χ1v) is 11.8. The molecule has 33 heavy (non-hydrogen) atoms. The molecule has 2 aromatic carbocycles. The molecular weight excluding hydrogens is 408 g/mol. The Balaban J connectivity index is 1.18. The Kier molecular flexibility index (Phi) is 6.49. The second kappa shape index (κ2) is 10.0. The molecule has 0 aliphatic carbocycles. The highest BCUT2D eigenvalue weighted by atomic mass is 16.2. The smallest absolute Gasteiger partial charge is 0.222 e. The van der Waals surface area contributed by atoms with Crippen LogP contribution in [0.5, 0.6) is 0 Å². The van der Waals surface area contributed by atoms with Crippen LogP contribution in [-0.4, -0.2) is 51.9 Å². The largest absolute Gasteiger partial charge is 0.353 e. The van der Waals surface area contributed by atoms with Crippen LogP contribution in [0.3, 0.4) is 0 Å². The molecule has 0 unspecified atom stereocenters. The van der Waals surface area contributed by atoms with Crippen molar-refractivity contribution < 1.29 is 4.79 Å². The van der Waals surface area contributed by atoms with Gasteiger partial charge >= 0.3 is 0 Å². The zero-order valence-electron chi connectivity index (χ0n) is 18.9. The number of hydrogen-bond donors (Lipinski definition) is 1. The van der Waals surface area contributed by atoms with Gasteiger partial charge in [0.15, 0.2) is 0 Å². The summed E-state index contributed by atoms with van der Waals surface area (Å²) >= 11 is 0. The number of hydrogen-bond acceptors (Lipinski definition) is 3. The molecule has 4 aromatic rings. The van der Waals surface area contributed by atoms with Crippen LogP contribution < -0.4 is 0 Å². The summed E-state index contributed by atoms with van der Waals surface area (Å²) in [6.07, 6.45) is 4.10. The average Bonchev–Trinajstić information content (AvgIpc) is 3.24. The molecule has 1 aliphatic heterocycles. The highest BCUT2D eigenvalue weighted by Crippen LogP contribution is 2.30. The molecule has 0 saturated carbocycles. The summed E-state index contributed by atoms with van der Waals surface area (Å²) in [7, 11) is 0. The van der Waals surface area contributed by atoms with Crippen molar-refractivity contribution in [1.82, 2.24) is 19.8 Å². The number of carbonyl (C=O) groups excluding carboxylic acids is 1. The molecule has 3 heterocycles. The second-order valence-electron chi connectivity index (χ2n) is 8.74. The number of aromatic nitrogens is 2. The van der Waals surface area contributed by atoms with Crippen LogP contribution in [0.2, 0.25) is 0 Å². The number of pyridine rings is 1. The summed E-state index contributed by atoms with van der Waals surface area (Å²) in [5, 5.41) is 1.22. The van der Waals surface area contributed by atoms with E-state index in [1.54, 1.807) is 0 Å². The van der Waals surface area contributed by atoms with Gasteiger partial charge in [-0.1, -0.05) is 54.6 Å². The molecule has 0 bridgehead atoms. The number of nitrogens with one attached hydrogen (secondary N) is 1. The van der Waals surface area contributed by atoms with Crippen molar-refractivity contribution in [2.75, 3.05) is 26.2 Å². The monoisotopic (exact) mass is 438 g/mol. The van der Waals surface area contributed by atoms with Crippen molar-refractivity contribution in [1.29, 1.82) is 0 Å². The molecule has 1 aliphatic rings. The molecule has 5 nitrogen and oxygen atoms in total. The first-order chi connectivity index (χ1) is 16.3. The normalized spacial score (nSPS) is 14.6. The molecule has 1 amide bonds. The van der Waals surface area contributed by atoms with E-state index in [0.717, 1.165) is 62.5 Å². The fourth-order valence-electron chi connectivity index (χ4n) is 4.76. The summed E-state index contributed by atoms with van der Waals surface area (Å²) in [4.78, 5) is 25.5. The Morgan fingerprint density at radius 2 is 1.64 bits per heavy atom. The molecule has 168 valence electrons. The van der Waals surface area contributed by atoms with Gasteiger partial charge in [-0.25, -0.2) is 0 Å². The number of benzene rings is 2. The van der Waals surface area contributed by atoms with Crippen LogP contribution in [0.4, 0.5) is 0 Å². The van der Waals surface area contributed by atoms with Crippen molar-refractivity contribution in [2.24, 2.45) is 0 Å². The number of nitrogens with zero attached hydrogens (tertiary/aromatic N) is 3. The van der Waals surface area contributed by atoms with Crippen LogP contribution >= 0.6 is 0 Å². The minimum absolute atomic E-state index is 0.272. The number of para-hydroxylation sites is 1. The highest BCUT2D eigenvalue weighted by Gasteiger charge is 2.21. The van der Waals surface area contributed by atoms with Crippen LogP contribution in [0.1, 0.15) is 24.0 Å². The predicted octanol–water partition coefficient (Wildman–Crippen LogP) is 4.90. The van der Waals surface area contributed by atoms with E-state index in [9.17, 15) is 4.79 Å². The minimum Gasteiger partial charge on any atom is -0.353 e. The van der Waals surface area contributed by atoms with Gasteiger partial charge in [-0.05, 0) is 42.2 Å². The molecule has 1 saturated heterocycles. The zero-order chi connectivity index (χ0) is 22.5. The maximum Gasteiger partial charge on any atom is 0.222 e. The molecule has 5 heteroatoms. The van der Waals surface area contributed by atoms with E-state index in [2.05, 4.69) is 63.4 Å². The van der Waals surface area contributed by atoms with E-state index in [-0.39, 0.29) is 5.91 Å². The lowest BCUT2D eigenvalue weighted by Gasteiger charge is -2.34. The Morgan fingerprint density at radius 1 is 0.879 bits per heavy atom. The third-order valence-electron chi connectivity index (χ3n) is 6.53. The van der Waals surface area contributed by atoms with Gasteiger partial charge in [0.2, 0.25) is 5.91 Å². The standard InChI is InChI=1S/C28H30N4O/c33-27(32-19-17-31(18-20-32)21-22-9-2-1-3-10-22)15-8-12-24-23-11-4-5-13-25(23)30-28(24)26-14-6-7-16-29-26/h1-7,9-11,13-14,16,30H,8,12,15,17-21H2. The summed E-state index contributed by atoms with van der Waals surface area (Å²) in [5.41, 5.74) is 5.72. The fourth-order valence-corrected chi connectivity index (χ4v) is 4.76. The molecular formula is C28H30N4O. The summed E-state index contributed by atoms with van der Waals surface area (Å²) in [5.74, 6) is 0.272. The van der Waals surface area contributed by atoms with E-state index in [0.29, 0.717) is 6.42 Å². The van der Waals surface area contributed by atoms with Crippen LogP contribution in [0.15, 0.2) is 79.0 Å². The molecule has 2 aromatic heterocycles. The Morgan fingerprint density at radius 3 is 2.42 bits per heavy atom. The van der Waals surface area contributed by atoms with E-state index in [1.807, 2.05) is 35.4 Å². The number of carbonyl (C=O) groups is 1. The molecule has 0 spiro atoms. The topological polar surface area (TPSA) is 52.2 Å². The van der Waals surface area contributed by atoms with E-state index in [4.69, 9.17) is 0 Å². The highest BCUT2D eigenvalue weighted by molar-refractivity contribution is 5.90. The van der Waals surface area contributed by atoms with Gasteiger partial charge in [0.1, 0.15) is 0 Å². The SMILES string of the molecule is O=C(CCCc1c(-c2ccccn2)[nH]c2ccccc12)N1CCN(Cc2ccccc2)CC1. The van der Waals surface area contributed by atoms with E-state index in [1.165, 1.54) is 16.5 Å². The average molecular weight is 439 g/mol. The van der Waals surface area contributed by atoms with Crippen molar-refractivity contribution >= 4 is 16.8 Å². The summed E-state index contributed by atoms with van der Waals surface area (Å²) in [6, 6.07) is 24.9. The number of fused-ring (bicyclic) bond motifs is 1. The maximum atomic E-state index is 12.9. The van der Waals surface area contributed by atoms with Crippen molar-refractivity contribution in [3.63, 3.8) is 0 Å². The maximum absolute atomic E-state index is 12.9. The van der Waals surface area contributed by atoms with Gasteiger partial charge in [0, 0.05) is 56.2 Å². The van der Waals surface area contributed by atoms with Gasteiger partial charge in [0.25, 0.3) is 0 Å². The number of aromatic amines is 1. The van der Waals surface area contributed by atoms with Gasteiger partial charge < -0.3 is 9.88 Å². The molecule has 0 atom stereocenters. The third kappa shape index (κ3) is 4.99. The number of piperazine rings is 1. The lowest BCUT2D eigenvalue weighted by atomic mass is 10.0. The molecule has 0 radical (unpaired) electrons. The Labute approximate surface area is 195 Å². The van der Waals surface area contributed by atoms with Crippen LogP contribution in [0, 0.1) is 0 Å². The molecule has 5 rings (SSSR count). The first kappa shape index (κ1) is 21.4. The summed E-state index contributed by atoms with van der Waals surface area (Å²) < 4.78 is 0. The van der Waals surface area contributed by atoms with Gasteiger partial charge in [0.05, 0.1) is 11.4 Å². The minimum atomic E-state index is 0.272. The fraction of sp³-hybridized carbons (Fsp3) is 0.286. The summed E-state index contributed by atoms with van der Waals surface area (Å²) in [6.45, 7) is 4.47. The number of aryl methyl sites for hydroxylation is 1. The predicted molar refractivity (Wildman–Crippen MR) is 133 cm³/mol. The van der Waals surface area contributed by atoms with Crippen molar-refractivity contribution in [2.45, 2.75) is 25.8 Å². The first-order valence-electron chi connectivity index (χ1n) is 11.8. The van der Waals surface area contributed by atoms with Gasteiger partial charge in [-0.15, -0.1) is 0 Å². The van der Waals surface area contributed by atoms with Crippen molar-refractivity contribution in [3.05, 3.63) is 90.1 Å². The Bertz CT molecular complexity index is 1190. The van der Waals surface area contributed by atoms with Gasteiger partial charge in [-0.2, -0.15) is 0 Å². The number of H-pyrrole nitrogens is 1. The van der Waals surface area contributed by atoms with Gasteiger partial charge in [-0.3, -0.25) is 14.7 Å². The van der Waals surface area contributed by atoms with Crippen LogP contribution in [-0.2, 0) is 17.8 Å². The van der Waals surface area contributed by atoms with E-state index >= 15 is 0 Å². The number of amides is 1. The molecule has 1 N–H and O–H groups in total. The van der Waals surface area contributed by atoms with E-state index < -0.39 is 0 Å². The lowest BCUT2D eigenvalue weighted by molar-refractivity contribution is -0.133. The second-order valence-corrected chi connectivity index (χ2v) is 8.74. The Hall–Kier alpha value is -3.44.